The maximum atomic E-state index is 12.7. The van der Waals surface area contributed by atoms with Gasteiger partial charge in [0.15, 0.2) is 0 Å². The van der Waals surface area contributed by atoms with E-state index in [1.54, 1.807) is 34.1 Å². The Hall–Kier alpha value is -4.89. The van der Waals surface area contributed by atoms with Gasteiger partial charge in [-0.3, -0.25) is 18.4 Å². The molecule has 7 rings (SSSR count). The first-order valence-corrected chi connectivity index (χ1v) is 12.7. The molecular formula is C30H27N7O2. The van der Waals surface area contributed by atoms with E-state index in [4.69, 9.17) is 4.98 Å². The van der Waals surface area contributed by atoms with Gasteiger partial charge in [0, 0.05) is 61.3 Å². The summed E-state index contributed by atoms with van der Waals surface area (Å²) in [5, 5.41) is 15.8. The van der Waals surface area contributed by atoms with E-state index >= 15 is 0 Å². The number of aryl methyl sites for hydroxylation is 4. The van der Waals surface area contributed by atoms with Crippen molar-refractivity contribution in [1.29, 1.82) is 0 Å². The molecule has 0 fully saturated rings. The fourth-order valence-electron chi connectivity index (χ4n) is 5.63. The Labute approximate surface area is 223 Å². The van der Waals surface area contributed by atoms with Crippen LogP contribution in [-0.2, 0) is 27.7 Å². The molecule has 0 saturated carbocycles. The Morgan fingerprint density at radius 1 is 0.923 bits per heavy atom. The van der Waals surface area contributed by atoms with E-state index < -0.39 is 0 Å². The van der Waals surface area contributed by atoms with Crippen LogP contribution < -0.4 is 5.69 Å². The van der Waals surface area contributed by atoms with Crippen molar-refractivity contribution >= 4 is 33.0 Å². The van der Waals surface area contributed by atoms with Crippen molar-refractivity contribution in [3.8, 4) is 28.2 Å². The molecule has 194 valence electrons. The summed E-state index contributed by atoms with van der Waals surface area (Å²) >= 11 is 0. The molecule has 0 saturated heterocycles. The van der Waals surface area contributed by atoms with Gasteiger partial charge < -0.3 is 10.1 Å². The third-order valence-electron chi connectivity index (χ3n) is 7.66. The third-order valence-corrected chi connectivity index (χ3v) is 7.66. The quantitative estimate of drug-likeness (QED) is 0.357. The van der Waals surface area contributed by atoms with Gasteiger partial charge in [-0.25, -0.2) is 9.78 Å². The highest BCUT2D eigenvalue weighted by Gasteiger charge is 2.21. The second-order valence-corrected chi connectivity index (χ2v) is 10.2. The van der Waals surface area contributed by atoms with Gasteiger partial charge in [-0.15, -0.1) is 0 Å². The molecule has 3 aromatic carbocycles. The predicted octanol–water partition coefficient (Wildman–Crippen LogP) is 4.57. The topological polar surface area (TPSA) is 98.6 Å². The summed E-state index contributed by atoms with van der Waals surface area (Å²) in [6, 6.07) is 16.4. The monoisotopic (exact) mass is 517 g/mol. The first-order chi connectivity index (χ1) is 18.8. The number of nitrogens with one attached hydrogen (secondary N) is 1. The second kappa shape index (κ2) is 8.31. The minimum absolute atomic E-state index is 0.0754. The molecule has 0 aliphatic heterocycles. The Morgan fingerprint density at radius 3 is 2.51 bits per heavy atom. The van der Waals surface area contributed by atoms with Gasteiger partial charge >= 0.3 is 5.69 Å². The van der Waals surface area contributed by atoms with Crippen molar-refractivity contribution in [3.63, 3.8) is 0 Å². The lowest BCUT2D eigenvalue weighted by molar-refractivity contribution is 0.282. The lowest BCUT2D eigenvalue weighted by Crippen LogP contribution is -2.19. The molecule has 0 aliphatic rings. The number of fused-ring (bicyclic) bond motifs is 3. The average molecular weight is 518 g/mol. The molecule has 9 heteroatoms. The zero-order valence-electron chi connectivity index (χ0n) is 22.1. The molecule has 0 unspecified atom stereocenters. The molecule has 7 aromatic rings. The van der Waals surface area contributed by atoms with Crippen molar-refractivity contribution in [3.05, 3.63) is 88.7 Å². The first kappa shape index (κ1) is 23.2. The summed E-state index contributed by atoms with van der Waals surface area (Å²) < 4.78 is 7.17. The van der Waals surface area contributed by atoms with Crippen LogP contribution in [0.3, 0.4) is 0 Å². The van der Waals surface area contributed by atoms with E-state index in [2.05, 4.69) is 39.8 Å². The van der Waals surface area contributed by atoms with Gasteiger partial charge in [0.1, 0.15) is 5.82 Å². The lowest BCUT2D eigenvalue weighted by Gasteiger charge is -2.12. The van der Waals surface area contributed by atoms with Crippen LogP contribution in [0.1, 0.15) is 11.1 Å². The van der Waals surface area contributed by atoms with E-state index in [0.29, 0.717) is 0 Å². The van der Waals surface area contributed by atoms with E-state index in [1.807, 2.05) is 49.8 Å². The highest BCUT2D eigenvalue weighted by atomic mass is 16.3. The number of hydrogen-bond acceptors (Lipinski definition) is 4. The van der Waals surface area contributed by atoms with Crippen molar-refractivity contribution in [2.45, 2.75) is 13.5 Å². The first-order valence-electron chi connectivity index (χ1n) is 12.7. The summed E-state index contributed by atoms with van der Waals surface area (Å²) in [6.45, 7) is 1.95. The van der Waals surface area contributed by atoms with Crippen LogP contribution in [0, 0.1) is 6.92 Å². The molecule has 4 aromatic heterocycles. The fraction of sp³-hybridized carbons (Fsp3) is 0.167. The Bertz CT molecular complexity index is 2130. The number of imidazole rings is 2. The Kier molecular flexibility index (Phi) is 4.95. The predicted molar refractivity (Wildman–Crippen MR) is 153 cm³/mol. The third kappa shape index (κ3) is 3.40. The van der Waals surface area contributed by atoms with Crippen LogP contribution in [0.25, 0.3) is 61.2 Å². The van der Waals surface area contributed by atoms with Gasteiger partial charge in [-0.05, 0) is 60.0 Å². The molecule has 39 heavy (non-hydrogen) atoms. The van der Waals surface area contributed by atoms with Crippen LogP contribution in [0.5, 0.6) is 0 Å². The molecule has 0 bridgehead atoms. The van der Waals surface area contributed by atoms with Crippen LogP contribution in [0.15, 0.2) is 71.9 Å². The lowest BCUT2D eigenvalue weighted by atomic mass is 10.0. The number of aliphatic hydroxyl groups excluding tert-OH is 1. The Balaban J connectivity index is 1.57. The van der Waals surface area contributed by atoms with Crippen LogP contribution in [-0.4, -0.2) is 38.6 Å². The SMILES string of the molecule is Cc1ccc2c(-c3nc4cc(-c5cnn(C)c5)c(CO)cc4n3-c3ccc4c(c3)n(C)c(=O)n4C)c[nH]c2c1. The minimum atomic E-state index is -0.126. The van der Waals surface area contributed by atoms with Gasteiger partial charge in [-0.2, -0.15) is 5.10 Å². The fourth-order valence-corrected chi connectivity index (χ4v) is 5.63. The number of aliphatic hydroxyl groups is 1. The number of rotatable bonds is 4. The molecule has 4 heterocycles. The van der Waals surface area contributed by atoms with Crippen molar-refractivity contribution in [2.75, 3.05) is 0 Å². The highest BCUT2D eigenvalue weighted by molar-refractivity contribution is 5.98. The van der Waals surface area contributed by atoms with Crippen molar-refractivity contribution < 1.29 is 5.11 Å². The molecular weight excluding hydrogens is 490 g/mol. The van der Waals surface area contributed by atoms with Crippen molar-refractivity contribution in [1.82, 2.24) is 33.4 Å². The maximum absolute atomic E-state index is 12.7. The number of aromatic amines is 1. The van der Waals surface area contributed by atoms with Gasteiger partial charge in [0.05, 0.1) is 34.9 Å². The van der Waals surface area contributed by atoms with E-state index in [1.165, 1.54) is 5.56 Å². The average Bonchev–Trinajstić information content (AvgIpc) is 3.69. The minimum Gasteiger partial charge on any atom is -0.392 e. The molecule has 2 N–H and O–H groups in total. The number of nitrogens with zero attached hydrogens (tertiary/aromatic N) is 6. The van der Waals surface area contributed by atoms with Gasteiger partial charge in [-0.1, -0.05) is 12.1 Å². The largest absolute Gasteiger partial charge is 0.392 e. The molecule has 0 amide bonds. The van der Waals surface area contributed by atoms with Crippen LogP contribution >= 0.6 is 0 Å². The molecule has 0 atom stereocenters. The normalized spacial score (nSPS) is 11.9. The van der Waals surface area contributed by atoms with E-state index in [9.17, 15) is 9.90 Å². The second-order valence-electron chi connectivity index (χ2n) is 10.2. The van der Waals surface area contributed by atoms with E-state index in [0.717, 1.165) is 66.7 Å². The number of aromatic nitrogens is 7. The van der Waals surface area contributed by atoms with E-state index in [-0.39, 0.29) is 12.3 Å². The maximum Gasteiger partial charge on any atom is 0.328 e. The summed E-state index contributed by atoms with van der Waals surface area (Å²) in [5.74, 6) is 0.771. The molecule has 0 radical (unpaired) electrons. The van der Waals surface area contributed by atoms with Crippen molar-refractivity contribution in [2.24, 2.45) is 21.1 Å². The summed E-state index contributed by atoms with van der Waals surface area (Å²) in [7, 11) is 5.44. The smallest absolute Gasteiger partial charge is 0.328 e. The Morgan fingerprint density at radius 2 is 1.74 bits per heavy atom. The van der Waals surface area contributed by atoms with Gasteiger partial charge in [0.2, 0.25) is 0 Å². The number of H-pyrrole nitrogens is 1. The molecule has 0 spiro atoms. The van der Waals surface area contributed by atoms with Crippen LogP contribution in [0.4, 0.5) is 0 Å². The zero-order valence-corrected chi connectivity index (χ0v) is 22.1. The zero-order chi connectivity index (χ0) is 27.0. The summed E-state index contributed by atoms with van der Waals surface area (Å²) in [6.07, 6.45) is 5.72. The number of hydrogen-bond donors (Lipinski definition) is 2. The number of benzene rings is 3. The standard InChI is InChI=1S/C30H27N7O2/c1-17-5-7-21-23(14-31-24(21)9-17)29-33-25-12-22(19-13-32-34(2)15-19)18(16-38)10-27(25)37(29)20-6-8-26-28(11-20)36(4)30(39)35(26)3/h5-15,31,38H,16H2,1-4H3. The molecule has 0 aliphatic carbocycles. The summed E-state index contributed by atoms with van der Waals surface area (Å²) in [5.41, 5.74) is 9.93. The summed E-state index contributed by atoms with van der Waals surface area (Å²) in [4.78, 5) is 21.2. The molecule has 9 nitrogen and oxygen atoms in total. The van der Waals surface area contributed by atoms with Crippen LogP contribution in [0.2, 0.25) is 0 Å². The van der Waals surface area contributed by atoms with Gasteiger partial charge in [0.25, 0.3) is 0 Å². The highest BCUT2D eigenvalue weighted by Crippen LogP contribution is 2.37.